The molecule has 0 radical (unpaired) electrons. The van der Waals surface area contributed by atoms with Gasteiger partial charge in [0.1, 0.15) is 18.6 Å². The molecule has 2 rings (SSSR count). The molecule has 4 heteroatoms. The van der Waals surface area contributed by atoms with Crippen molar-refractivity contribution in [1.82, 2.24) is 4.90 Å². The van der Waals surface area contributed by atoms with Gasteiger partial charge in [-0.15, -0.1) is 0 Å². The number of aldehydes is 1. The molecule has 2 unspecified atom stereocenters. The summed E-state index contributed by atoms with van der Waals surface area (Å²) in [6, 6.07) is 17.9. The Morgan fingerprint density at radius 3 is 2.35 bits per heavy atom. The average molecular weight is 355 g/mol. The van der Waals surface area contributed by atoms with Crippen LogP contribution in [0.25, 0.3) is 0 Å². The van der Waals surface area contributed by atoms with E-state index in [2.05, 4.69) is 4.90 Å². The van der Waals surface area contributed by atoms with Crippen LogP contribution in [0, 0.1) is 0 Å². The van der Waals surface area contributed by atoms with E-state index in [0.29, 0.717) is 26.0 Å². The maximum Gasteiger partial charge on any atom is 0.120 e. The van der Waals surface area contributed by atoms with E-state index in [4.69, 9.17) is 4.74 Å². The molecular formula is C22H29NO3. The van der Waals surface area contributed by atoms with Crippen LogP contribution in [0.3, 0.4) is 0 Å². The van der Waals surface area contributed by atoms with Crippen LogP contribution in [0.15, 0.2) is 54.6 Å². The van der Waals surface area contributed by atoms with E-state index in [-0.39, 0.29) is 5.92 Å². The lowest BCUT2D eigenvalue weighted by atomic mass is 9.80. The molecule has 0 saturated carbocycles. The molecule has 0 aliphatic carbocycles. The molecular weight excluding hydrogens is 326 g/mol. The second-order valence-electron chi connectivity index (χ2n) is 7.22. The van der Waals surface area contributed by atoms with Crippen LogP contribution in [0.5, 0.6) is 5.75 Å². The Bertz CT molecular complexity index is 666. The van der Waals surface area contributed by atoms with E-state index in [0.717, 1.165) is 23.2 Å². The van der Waals surface area contributed by atoms with Crippen molar-refractivity contribution in [3.63, 3.8) is 0 Å². The number of likely N-dealkylation sites (N-methyl/N-ethyl adjacent to an activating group) is 1. The Morgan fingerprint density at radius 2 is 1.77 bits per heavy atom. The van der Waals surface area contributed by atoms with E-state index < -0.39 is 5.60 Å². The highest BCUT2D eigenvalue weighted by atomic mass is 16.5. The molecule has 0 aliphatic rings. The third-order valence-corrected chi connectivity index (χ3v) is 4.60. The van der Waals surface area contributed by atoms with Gasteiger partial charge in [-0.3, -0.25) is 0 Å². The summed E-state index contributed by atoms with van der Waals surface area (Å²) in [5, 5.41) is 10.9. The first-order valence-electron chi connectivity index (χ1n) is 9.00. The van der Waals surface area contributed by atoms with Gasteiger partial charge in [0.2, 0.25) is 0 Å². The lowest BCUT2D eigenvalue weighted by molar-refractivity contribution is -0.109. The first-order valence-corrected chi connectivity index (χ1v) is 9.00. The van der Waals surface area contributed by atoms with E-state index in [1.54, 1.807) is 0 Å². The van der Waals surface area contributed by atoms with Crippen LogP contribution >= 0.6 is 0 Å². The number of nitrogens with zero attached hydrogens (tertiary/aromatic N) is 1. The van der Waals surface area contributed by atoms with Gasteiger partial charge in [-0.25, -0.2) is 0 Å². The standard InChI is InChI=1S/C22H29NO3/c1-22(25,14-7-15-24)21(16-23(2)3)19-10-12-20(13-11-19)26-17-18-8-5-4-6-9-18/h4-6,8-13,15,21,25H,7,14,16-17H2,1-3H3. The first-order chi connectivity index (χ1) is 12.4. The largest absolute Gasteiger partial charge is 0.489 e. The molecule has 1 N–H and O–H groups in total. The van der Waals surface area contributed by atoms with Crippen LogP contribution in [0.1, 0.15) is 36.8 Å². The highest BCUT2D eigenvalue weighted by Gasteiger charge is 2.33. The van der Waals surface area contributed by atoms with E-state index in [9.17, 15) is 9.90 Å². The zero-order valence-electron chi connectivity index (χ0n) is 15.9. The van der Waals surface area contributed by atoms with Crippen molar-refractivity contribution in [1.29, 1.82) is 0 Å². The maximum atomic E-state index is 10.9. The summed E-state index contributed by atoms with van der Waals surface area (Å²) < 4.78 is 5.84. The molecule has 0 heterocycles. The van der Waals surface area contributed by atoms with Crippen molar-refractivity contribution in [2.45, 2.75) is 37.9 Å². The number of hydrogen-bond donors (Lipinski definition) is 1. The van der Waals surface area contributed by atoms with Crippen LogP contribution < -0.4 is 4.74 Å². The highest BCUT2D eigenvalue weighted by molar-refractivity contribution is 5.49. The Hall–Kier alpha value is -2.17. The minimum Gasteiger partial charge on any atom is -0.489 e. The monoisotopic (exact) mass is 355 g/mol. The zero-order valence-corrected chi connectivity index (χ0v) is 15.9. The third kappa shape index (κ3) is 5.97. The molecule has 0 spiro atoms. The summed E-state index contributed by atoms with van der Waals surface area (Å²) in [6.45, 7) is 3.04. The quantitative estimate of drug-likeness (QED) is 0.661. The number of ether oxygens (including phenoxy) is 1. The van der Waals surface area contributed by atoms with E-state index >= 15 is 0 Å². The molecule has 4 nitrogen and oxygen atoms in total. The van der Waals surface area contributed by atoms with Gasteiger partial charge in [-0.05, 0) is 50.7 Å². The average Bonchev–Trinajstić information content (AvgIpc) is 2.64. The third-order valence-electron chi connectivity index (χ3n) is 4.60. The van der Waals surface area contributed by atoms with Crippen molar-refractivity contribution < 1.29 is 14.6 Å². The van der Waals surface area contributed by atoms with Gasteiger partial charge in [0, 0.05) is 18.9 Å². The summed E-state index contributed by atoms with van der Waals surface area (Å²) in [6.07, 6.45) is 1.66. The minimum absolute atomic E-state index is 0.0828. The zero-order chi connectivity index (χ0) is 19.0. The fourth-order valence-electron chi connectivity index (χ4n) is 3.09. The lowest BCUT2D eigenvalue weighted by Gasteiger charge is -2.35. The number of rotatable bonds is 10. The van der Waals surface area contributed by atoms with Crippen molar-refractivity contribution in [2.75, 3.05) is 20.6 Å². The summed E-state index contributed by atoms with van der Waals surface area (Å²) in [7, 11) is 3.97. The minimum atomic E-state index is -0.947. The second-order valence-corrected chi connectivity index (χ2v) is 7.22. The molecule has 0 amide bonds. The predicted molar refractivity (Wildman–Crippen MR) is 104 cm³/mol. The van der Waals surface area contributed by atoms with Crippen LogP contribution in [-0.2, 0) is 11.4 Å². The van der Waals surface area contributed by atoms with E-state index in [1.165, 1.54) is 0 Å². The Balaban J connectivity index is 2.09. The SMILES string of the molecule is CN(C)CC(c1ccc(OCc2ccccc2)cc1)C(C)(O)CCC=O. The first kappa shape index (κ1) is 20.1. The Labute approximate surface area is 156 Å². The summed E-state index contributed by atoms with van der Waals surface area (Å²) in [5.41, 5.74) is 1.22. The van der Waals surface area contributed by atoms with Crippen molar-refractivity contribution >= 4 is 6.29 Å². The number of hydrogen-bond acceptors (Lipinski definition) is 4. The fourth-order valence-corrected chi connectivity index (χ4v) is 3.09. The lowest BCUT2D eigenvalue weighted by Crippen LogP contribution is -2.39. The molecule has 2 aromatic rings. The molecule has 0 fully saturated rings. The van der Waals surface area contributed by atoms with Crippen molar-refractivity contribution in [3.8, 4) is 5.75 Å². The van der Waals surface area contributed by atoms with Gasteiger partial charge < -0.3 is 19.5 Å². The van der Waals surface area contributed by atoms with Gasteiger partial charge in [0.05, 0.1) is 5.60 Å². The molecule has 0 saturated heterocycles. The second kappa shape index (κ2) is 9.51. The highest BCUT2D eigenvalue weighted by Crippen LogP contribution is 2.33. The Kier molecular flexibility index (Phi) is 7.37. The number of carbonyl (C=O) groups is 1. The van der Waals surface area contributed by atoms with Crippen LogP contribution in [0.4, 0.5) is 0 Å². The number of aliphatic hydroxyl groups is 1. The summed E-state index contributed by atoms with van der Waals surface area (Å²) >= 11 is 0. The molecule has 140 valence electrons. The van der Waals surface area contributed by atoms with Crippen LogP contribution in [-0.4, -0.2) is 42.5 Å². The number of carbonyl (C=O) groups excluding carboxylic acids is 1. The topological polar surface area (TPSA) is 49.8 Å². The predicted octanol–water partition coefficient (Wildman–Crippen LogP) is 3.64. The summed E-state index contributed by atoms with van der Waals surface area (Å²) in [4.78, 5) is 12.8. The van der Waals surface area contributed by atoms with E-state index in [1.807, 2.05) is 75.6 Å². The molecule has 0 aromatic heterocycles. The fraction of sp³-hybridized carbons (Fsp3) is 0.409. The summed E-state index contributed by atoms with van der Waals surface area (Å²) in [5.74, 6) is 0.717. The Morgan fingerprint density at radius 1 is 1.12 bits per heavy atom. The number of benzene rings is 2. The normalized spacial score (nSPS) is 14.7. The van der Waals surface area contributed by atoms with Gasteiger partial charge in [-0.2, -0.15) is 0 Å². The van der Waals surface area contributed by atoms with Gasteiger partial charge in [0.15, 0.2) is 0 Å². The van der Waals surface area contributed by atoms with Gasteiger partial charge in [-0.1, -0.05) is 42.5 Å². The van der Waals surface area contributed by atoms with Crippen molar-refractivity contribution in [3.05, 3.63) is 65.7 Å². The molecule has 2 atom stereocenters. The van der Waals surface area contributed by atoms with Gasteiger partial charge in [0.25, 0.3) is 0 Å². The molecule has 26 heavy (non-hydrogen) atoms. The maximum absolute atomic E-state index is 10.9. The van der Waals surface area contributed by atoms with Crippen LogP contribution in [0.2, 0.25) is 0 Å². The molecule has 0 aliphatic heterocycles. The smallest absolute Gasteiger partial charge is 0.120 e. The van der Waals surface area contributed by atoms with Gasteiger partial charge >= 0.3 is 0 Å². The van der Waals surface area contributed by atoms with Crippen molar-refractivity contribution in [2.24, 2.45) is 0 Å². The molecule has 2 aromatic carbocycles. The molecule has 0 bridgehead atoms.